The Bertz CT molecular complexity index is 797. The van der Waals surface area contributed by atoms with Gasteiger partial charge in [-0.3, -0.25) is 4.79 Å². The summed E-state index contributed by atoms with van der Waals surface area (Å²) in [6.45, 7) is 2.11. The van der Waals surface area contributed by atoms with Crippen LogP contribution in [0.1, 0.15) is 56.1 Å². The lowest BCUT2D eigenvalue weighted by molar-refractivity contribution is -0.128. The van der Waals surface area contributed by atoms with Crippen molar-refractivity contribution in [3.05, 3.63) is 59.2 Å². The van der Waals surface area contributed by atoms with Gasteiger partial charge in [-0.1, -0.05) is 48.1 Å². The van der Waals surface area contributed by atoms with Gasteiger partial charge in [-0.05, 0) is 74.8 Å². The lowest BCUT2D eigenvalue weighted by Crippen LogP contribution is -2.21. The van der Waals surface area contributed by atoms with Crippen molar-refractivity contribution in [1.29, 1.82) is 0 Å². The molecule has 1 amide bonds. The van der Waals surface area contributed by atoms with E-state index in [1.165, 1.54) is 16.7 Å². The SMILES string of the molecule is Cc1ccccc1CC[C@H](O)C=C[C@@H]1[C@H]2CC(CCCCC(=O)N(C)C)=C[C@H]2C[C@H]1O. The molecule has 5 atom stereocenters. The van der Waals surface area contributed by atoms with E-state index in [-0.39, 0.29) is 17.9 Å². The Morgan fingerprint density at radius 3 is 2.74 bits per heavy atom. The van der Waals surface area contributed by atoms with Crippen LogP contribution in [-0.4, -0.2) is 47.3 Å². The number of hydrogen-bond acceptors (Lipinski definition) is 3. The van der Waals surface area contributed by atoms with Crippen LogP contribution in [0.5, 0.6) is 0 Å². The Morgan fingerprint density at radius 1 is 1.23 bits per heavy atom. The molecule has 0 spiro atoms. The number of fused-ring (bicyclic) bond motifs is 1. The second kappa shape index (κ2) is 11.1. The van der Waals surface area contributed by atoms with Crippen LogP contribution in [0.2, 0.25) is 0 Å². The molecule has 0 heterocycles. The van der Waals surface area contributed by atoms with E-state index >= 15 is 0 Å². The quantitative estimate of drug-likeness (QED) is 0.430. The zero-order valence-corrected chi connectivity index (χ0v) is 19.3. The van der Waals surface area contributed by atoms with E-state index in [2.05, 4.69) is 31.2 Å². The number of benzene rings is 1. The fourth-order valence-electron chi connectivity index (χ4n) is 5.19. The van der Waals surface area contributed by atoms with Gasteiger partial charge in [-0.25, -0.2) is 0 Å². The van der Waals surface area contributed by atoms with E-state index in [1.54, 1.807) is 4.90 Å². The molecule has 31 heavy (non-hydrogen) atoms. The number of aryl methyl sites for hydroxylation is 2. The molecule has 1 aromatic rings. The Kier molecular flexibility index (Phi) is 8.50. The third-order valence-corrected chi connectivity index (χ3v) is 7.11. The van der Waals surface area contributed by atoms with Crippen LogP contribution in [0.4, 0.5) is 0 Å². The first-order valence-electron chi connectivity index (χ1n) is 11.8. The predicted molar refractivity (Wildman–Crippen MR) is 126 cm³/mol. The highest BCUT2D eigenvalue weighted by Crippen LogP contribution is 2.48. The highest BCUT2D eigenvalue weighted by molar-refractivity contribution is 5.75. The summed E-state index contributed by atoms with van der Waals surface area (Å²) in [7, 11) is 3.61. The largest absolute Gasteiger partial charge is 0.392 e. The van der Waals surface area contributed by atoms with E-state index in [4.69, 9.17) is 0 Å². The number of hydrogen-bond donors (Lipinski definition) is 2. The number of allylic oxidation sites excluding steroid dienone is 2. The predicted octanol–water partition coefficient (Wildman–Crippen LogP) is 4.44. The average Bonchev–Trinajstić information content (AvgIpc) is 3.25. The van der Waals surface area contributed by atoms with Crippen LogP contribution < -0.4 is 0 Å². The summed E-state index contributed by atoms with van der Waals surface area (Å²) in [6.07, 6.45) is 12.6. The molecule has 4 nitrogen and oxygen atoms in total. The van der Waals surface area contributed by atoms with Crippen LogP contribution in [0.15, 0.2) is 48.1 Å². The van der Waals surface area contributed by atoms with Gasteiger partial charge in [0.1, 0.15) is 0 Å². The summed E-state index contributed by atoms with van der Waals surface area (Å²) in [5.74, 6) is 1.23. The number of amides is 1. The van der Waals surface area contributed by atoms with E-state index in [9.17, 15) is 15.0 Å². The molecule has 2 N–H and O–H groups in total. The molecule has 0 aliphatic heterocycles. The second-order valence-corrected chi connectivity index (χ2v) is 9.65. The fraction of sp³-hybridized carbons (Fsp3) is 0.593. The highest BCUT2D eigenvalue weighted by atomic mass is 16.3. The Labute approximate surface area is 187 Å². The first kappa shape index (κ1) is 23.7. The molecular weight excluding hydrogens is 386 g/mol. The summed E-state index contributed by atoms with van der Waals surface area (Å²) in [5, 5.41) is 21.0. The molecule has 3 rings (SSSR count). The summed E-state index contributed by atoms with van der Waals surface area (Å²) >= 11 is 0. The molecule has 0 saturated heterocycles. The molecule has 0 bridgehead atoms. The minimum Gasteiger partial charge on any atom is -0.392 e. The van der Waals surface area contributed by atoms with Crippen LogP contribution in [0.25, 0.3) is 0 Å². The van der Waals surface area contributed by atoms with Crippen molar-refractivity contribution < 1.29 is 15.0 Å². The fourth-order valence-corrected chi connectivity index (χ4v) is 5.19. The van der Waals surface area contributed by atoms with Gasteiger partial charge in [0.25, 0.3) is 0 Å². The minimum atomic E-state index is -0.478. The monoisotopic (exact) mass is 425 g/mol. The van der Waals surface area contributed by atoms with Crippen molar-refractivity contribution in [3.63, 3.8) is 0 Å². The van der Waals surface area contributed by atoms with Gasteiger partial charge < -0.3 is 15.1 Å². The Hall–Kier alpha value is -1.91. The van der Waals surface area contributed by atoms with Crippen molar-refractivity contribution in [2.45, 2.75) is 70.5 Å². The smallest absolute Gasteiger partial charge is 0.222 e. The number of rotatable bonds is 10. The Balaban J connectivity index is 1.44. The molecule has 2 aliphatic carbocycles. The maximum atomic E-state index is 11.7. The first-order chi connectivity index (χ1) is 14.8. The van der Waals surface area contributed by atoms with E-state index in [1.807, 2.05) is 32.3 Å². The number of carbonyl (C=O) groups excluding carboxylic acids is 1. The number of aliphatic hydroxyl groups excluding tert-OH is 2. The lowest BCUT2D eigenvalue weighted by Gasteiger charge is -2.19. The zero-order valence-electron chi connectivity index (χ0n) is 19.3. The molecule has 170 valence electrons. The van der Waals surface area contributed by atoms with Gasteiger partial charge in [0, 0.05) is 26.4 Å². The van der Waals surface area contributed by atoms with E-state index in [0.717, 1.165) is 38.5 Å². The van der Waals surface area contributed by atoms with Gasteiger partial charge in [0.15, 0.2) is 0 Å². The zero-order chi connectivity index (χ0) is 22.4. The van der Waals surface area contributed by atoms with Gasteiger partial charge >= 0.3 is 0 Å². The molecule has 0 radical (unpaired) electrons. The van der Waals surface area contributed by atoms with Crippen molar-refractivity contribution in [1.82, 2.24) is 4.90 Å². The summed E-state index contributed by atoms with van der Waals surface area (Å²) in [6, 6.07) is 8.32. The molecule has 2 aliphatic rings. The van der Waals surface area contributed by atoms with Crippen LogP contribution in [0.3, 0.4) is 0 Å². The molecule has 0 aromatic heterocycles. The second-order valence-electron chi connectivity index (χ2n) is 9.65. The summed E-state index contributed by atoms with van der Waals surface area (Å²) in [4.78, 5) is 13.4. The van der Waals surface area contributed by atoms with Crippen molar-refractivity contribution in [2.24, 2.45) is 17.8 Å². The van der Waals surface area contributed by atoms with Crippen molar-refractivity contribution >= 4 is 5.91 Å². The van der Waals surface area contributed by atoms with Gasteiger partial charge in [0.05, 0.1) is 12.2 Å². The number of carbonyl (C=O) groups is 1. The van der Waals surface area contributed by atoms with Crippen LogP contribution in [-0.2, 0) is 11.2 Å². The third-order valence-electron chi connectivity index (χ3n) is 7.11. The maximum Gasteiger partial charge on any atom is 0.222 e. The van der Waals surface area contributed by atoms with E-state index in [0.29, 0.717) is 24.7 Å². The normalized spacial score (nSPS) is 26.2. The number of unbranched alkanes of at least 4 members (excludes halogenated alkanes) is 1. The van der Waals surface area contributed by atoms with Crippen molar-refractivity contribution in [2.75, 3.05) is 14.1 Å². The molecule has 1 fully saturated rings. The Morgan fingerprint density at radius 2 is 2.00 bits per heavy atom. The topological polar surface area (TPSA) is 60.8 Å². The summed E-state index contributed by atoms with van der Waals surface area (Å²) in [5.41, 5.74) is 4.04. The van der Waals surface area contributed by atoms with Gasteiger partial charge in [-0.15, -0.1) is 0 Å². The maximum absolute atomic E-state index is 11.7. The first-order valence-corrected chi connectivity index (χ1v) is 11.8. The molecule has 1 saturated carbocycles. The third kappa shape index (κ3) is 6.54. The number of aliphatic hydroxyl groups is 2. The lowest BCUT2D eigenvalue weighted by atomic mass is 9.88. The average molecular weight is 426 g/mol. The van der Waals surface area contributed by atoms with Gasteiger partial charge in [-0.2, -0.15) is 0 Å². The highest BCUT2D eigenvalue weighted by Gasteiger charge is 2.43. The van der Waals surface area contributed by atoms with E-state index < -0.39 is 6.10 Å². The van der Waals surface area contributed by atoms with Crippen LogP contribution >= 0.6 is 0 Å². The number of nitrogens with zero attached hydrogens (tertiary/aromatic N) is 1. The molecule has 4 heteroatoms. The summed E-state index contributed by atoms with van der Waals surface area (Å²) < 4.78 is 0. The standard InChI is InChI=1S/C27H39NO3/c1-19-8-4-6-10-21(19)12-13-23(29)14-15-24-25-17-20(16-22(25)18-26(24)30)9-5-7-11-27(31)28(2)3/h4,6,8,10,14-16,22-26,29-30H,5,7,9,11-13,17-18H2,1-3H3/t22-,23-,24+,25-,26+/m0/s1. The van der Waals surface area contributed by atoms with Crippen molar-refractivity contribution in [3.8, 4) is 0 Å². The molecular formula is C27H39NO3. The minimum absolute atomic E-state index is 0.127. The molecule has 0 unspecified atom stereocenters. The van der Waals surface area contributed by atoms with Gasteiger partial charge in [0.2, 0.25) is 5.91 Å². The van der Waals surface area contributed by atoms with Crippen LogP contribution in [0, 0.1) is 24.7 Å². The molecule has 1 aromatic carbocycles.